The minimum atomic E-state index is 0.727. The van der Waals surface area contributed by atoms with E-state index in [4.69, 9.17) is 9.47 Å². The van der Waals surface area contributed by atoms with Gasteiger partial charge in [-0.3, -0.25) is 0 Å². The lowest BCUT2D eigenvalue weighted by Gasteiger charge is -2.21. The maximum Gasteiger partial charge on any atom is 0.258 e. The monoisotopic (exact) mass is 301 g/mol. The van der Waals surface area contributed by atoms with Crippen molar-refractivity contribution < 1.29 is 9.47 Å². The van der Waals surface area contributed by atoms with Crippen molar-refractivity contribution in [2.24, 2.45) is 0 Å². The van der Waals surface area contributed by atoms with Crippen LogP contribution in [0.2, 0.25) is 0 Å². The smallest absolute Gasteiger partial charge is 0.258 e. The Morgan fingerprint density at radius 2 is 1.43 bits per heavy atom. The molecule has 0 amide bonds. The highest BCUT2D eigenvalue weighted by Crippen LogP contribution is 2.39. The number of rotatable bonds is 0. The third-order valence-electron chi connectivity index (χ3n) is 4.75. The molecule has 0 spiro atoms. The van der Waals surface area contributed by atoms with E-state index < -0.39 is 0 Å². The highest BCUT2D eigenvalue weighted by atomic mass is 16.5. The van der Waals surface area contributed by atoms with Crippen LogP contribution in [0.5, 0.6) is 17.2 Å². The number of aliphatic hydroxyl groups is 1. The quantitative estimate of drug-likeness (QED) is 0.430. The molecule has 0 aromatic heterocycles. The molecule has 2 heterocycles. The molecule has 3 aromatic rings. The summed E-state index contributed by atoms with van der Waals surface area (Å²) < 4.78 is 10.9. The molecular formula is C21H17O2+. The molecule has 0 radical (unpaired) electrons. The number of para-hydroxylation sites is 2. The van der Waals surface area contributed by atoms with Crippen LogP contribution in [0.25, 0.3) is 0 Å². The normalized spacial score (nSPS) is 14.3. The largest absolute Gasteiger partial charge is 0.579 e. The molecule has 0 bridgehead atoms. The molecular weight excluding hydrogens is 284 g/mol. The molecule has 2 aliphatic heterocycles. The predicted molar refractivity (Wildman–Crippen MR) is 90.4 cm³/mol. The Bertz CT molecular complexity index is 911. The first kappa shape index (κ1) is 12.8. The maximum atomic E-state index is 6.12. The number of aromatic hydroxyl groups is 1. The van der Waals surface area contributed by atoms with E-state index in [2.05, 4.69) is 48.5 Å². The van der Waals surface area contributed by atoms with Gasteiger partial charge in [0.15, 0.2) is 6.61 Å². The van der Waals surface area contributed by atoms with Crippen LogP contribution in [0.15, 0.2) is 60.7 Å². The second-order valence-electron chi connectivity index (χ2n) is 6.24. The molecule has 0 atom stereocenters. The fourth-order valence-electron chi connectivity index (χ4n) is 3.53. The second kappa shape index (κ2) is 4.88. The van der Waals surface area contributed by atoms with Gasteiger partial charge in [-0.2, -0.15) is 0 Å². The van der Waals surface area contributed by atoms with Gasteiger partial charge in [0.05, 0.1) is 5.56 Å². The van der Waals surface area contributed by atoms with Crippen molar-refractivity contribution in [2.75, 3.05) is 0 Å². The van der Waals surface area contributed by atoms with Crippen molar-refractivity contribution >= 4 is 0 Å². The minimum absolute atomic E-state index is 0.727. The Morgan fingerprint density at radius 3 is 2.39 bits per heavy atom. The Hall–Kier alpha value is -2.74. The van der Waals surface area contributed by atoms with Crippen molar-refractivity contribution in [3.8, 4) is 17.2 Å². The SMILES string of the molecule is c1ccc2c(c1)Cc1cc3c(cc1O2)C[OH+]c1ccccc1C3. The van der Waals surface area contributed by atoms with Gasteiger partial charge in [-0.1, -0.05) is 36.4 Å². The van der Waals surface area contributed by atoms with Crippen LogP contribution in [0, 0.1) is 0 Å². The van der Waals surface area contributed by atoms with Gasteiger partial charge in [0.25, 0.3) is 5.75 Å². The topological polar surface area (TPSA) is 22.0 Å². The van der Waals surface area contributed by atoms with Crippen LogP contribution in [-0.4, -0.2) is 4.74 Å². The zero-order valence-corrected chi connectivity index (χ0v) is 12.8. The first-order chi connectivity index (χ1) is 11.4. The molecule has 112 valence electrons. The summed E-state index contributed by atoms with van der Waals surface area (Å²) >= 11 is 0. The van der Waals surface area contributed by atoms with Crippen molar-refractivity contribution in [2.45, 2.75) is 19.4 Å². The molecule has 1 N–H and O–H groups in total. The highest BCUT2D eigenvalue weighted by molar-refractivity contribution is 5.54. The zero-order valence-electron chi connectivity index (χ0n) is 12.8. The number of hydrogen-bond donors (Lipinski definition) is 0. The number of ether oxygens (including phenoxy) is 2. The first-order valence-electron chi connectivity index (χ1n) is 8.03. The molecule has 5 rings (SSSR count). The van der Waals surface area contributed by atoms with Crippen LogP contribution in [0.1, 0.15) is 27.8 Å². The van der Waals surface area contributed by atoms with Gasteiger partial charge in [-0.15, -0.1) is 0 Å². The van der Waals surface area contributed by atoms with E-state index in [1.807, 2.05) is 12.1 Å². The Balaban J connectivity index is 1.59. The van der Waals surface area contributed by atoms with E-state index >= 15 is 0 Å². The average Bonchev–Trinajstić information content (AvgIpc) is 2.76. The Labute approximate surface area is 135 Å². The summed E-state index contributed by atoms with van der Waals surface area (Å²) in [6.45, 7) is 0.727. The minimum Gasteiger partial charge on any atom is -0.579 e. The molecule has 23 heavy (non-hydrogen) atoms. The Morgan fingerprint density at radius 1 is 0.652 bits per heavy atom. The van der Waals surface area contributed by atoms with Crippen LogP contribution >= 0.6 is 0 Å². The zero-order chi connectivity index (χ0) is 15.2. The van der Waals surface area contributed by atoms with E-state index in [-0.39, 0.29) is 0 Å². The molecule has 2 aliphatic rings. The van der Waals surface area contributed by atoms with Gasteiger partial charge < -0.3 is 9.47 Å². The molecule has 0 fully saturated rings. The summed E-state index contributed by atoms with van der Waals surface area (Å²) in [5.74, 6) is 3.09. The fraction of sp³-hybridized carbons (Fsp3) is 0.143. The summed E-state index contributed by atoms with van der Waals surface area (Å²) in [7, 11) is 0. The van der Waals surface area contributed by atoms with Gasteiger partial charge in [0.2, 0.25) is 0 Å². The summed E-state index contributed by atoms with van der Waals surface area (Å²) in [4.78, 5) is 0. The van der Waals surface area contributed by atoms with Crippen LogP contribution < -0.4 is 4.74 Å². The van der Waals surface area contributed by atoms with Gasteiger partial charge in [-0.05, 0) is 34.9 Å². The second-order valence-corrected chi connectivity index (χ2v) is 6.24. The molecule has 0 saturated carbocycles. The summed E-state index contributed by atoms with van der Waals surface area (Å²) in [6.07, 6.45) is 1.89. The standard InChI is InChI=1S/C21H16O2/c1-3-7-19-14(5-1)9-16-11-17-10-15-6-2-4-8-20(15)23-21(17)12-18(16)13-22-19/h1-8,11-12H,9-10,13H2/p+1. The molecule has 0 unspecified atom stereocenters. The third-order valence-corrected chi connectivity index (χ3v) is 4.75. The van der Waals surface area contributed by atoms with Gasteiger partial charge in [0, 0.05) is 24.5 Å². The van der Waals surface area contributed by atoms with Crippen molar-refractivity contribution in [3.05, 3.63) is 88.5 Å². The molecule has 0 aliphatic carbocycles. The van der Waals surface area contributed by atoms with Gasteiger partial charge in [0.1, 0.15) is 11.5 Å². The number of benzene rings is 3. The van der Waals surface area contributed by atoms with E-state index in [0.29, 0.717) is 0 Å². The van der Waals surface area contributed by atoms with Gasteiger partial charge in [-0.25, -0.2) is 0 Å². The third kappa shape index (κ3) is 2.10. The van der Waals surface area contributed by atoms with E-state index in [1.165, 1.54) is 27.8 Å². The molecule has 2 heteroatoms. The number of fused-ring (bicyclic) bond motifs is 4. The lowest BCUT2D eigenvalue weighted by atomic mass is 9.93. The summed E-state index contributed by atoms with van der Waals surface area (Å²) in [5, 5.41) is 0. The predicted octanol–water partition coefficient (Wildman–Crippen LogP) is 4.73. The Kier molecular flexibility index (Phi) is 2.71. The summed E-state index contributed by atoms with van der Waals surface area (Å²) in [5.41, 5.74) is 6.50. The average molecular weight is 301 g/mol. The molecule has 0 saturated heterocycles. The van der Waals surface area contributed by atoms with Crippen molar-refractivity contribution in [1.29, 1.82) is 0 Å². The van der Waals surface area contributed by atoms with Crippen molar-refractivity contribution in [3.63, 3.8) is 0 Å². The lowest BCUT2D eigenvalue weighted by molar-refractivity contribution is 0.0525. The number of hydrogen-bond acceptors (Lipinski definition) is 1. The summed E-state index contributed by atoms with van der Waals surface area (Å²) in [6, 6.07) is 21.2. The first-order valence-corrected chi connectivity index (χ1v) is 8.03. The van der Waals surface area contributed by atoms with Crippen molar-refractivity contribution in [1.82, 2.24) is 0 Å². The lowest BCUT2D eigenvalue weighted by Crippen LogP contribution is -2.06. The fourth-order valence-corrected chi connectivity index (χ4v) is 3.53. The van der Waals surface area contributed by atoms with E-state index in [0.717, 1.165) is 36.7 Å². The van der Waals surface area contributed by atoms with Crippen LogP contribution in [0.4, 0.5) is 0 Å². The van der Waals surface area contributed by atoms with Crippen LogP contribution in [0.3, 0.4) is 0 Å². The molecule has 3 aromatic carbocycles. The van der Waals surface area contributed by atoms with E-state index in [1.54, 1.807) is 0 Å². The van der Waals surface area contributed by atoms with E-state index in [9.17, 15) is 0 Å². The maximum absolute atomic E-state index is 6.12. The molecule has 2 nitrogen and oxygen atoms in total. The highest BCUT2D eigenvalue weighted by Gasteiger charge is 2.23. The van der Waals surface area contributed by atoms with Crippen LogP contribution in [-0.2, 0) is 19.4 Å². The van der Waals surface area contributed by atoms with Gasteiger partial charge >= 0.3 is 0 Å².